The molecule has 0 radical (unpaired) electrons. The van der Waals surface area contributed by atoms with Crippen molar-refractivity contribution in [3.05, 3.63) is 23.8 Å². The molecule has 2 heterocycles. The third kappa shape index (κ3) is 2.48. The van der Waals surface area contributed by atoms with Crippen LogP contribution in [-0.2, 0) is 12.7 Å². The van der Waals surface area contributed by atoms with E-state index in [-0.39, 0.29) is 5.13 Å². The van der Waals surface area contributed by atoms with Crippen molar-refractivity contribution in [2.24, 2.45) is 0 Å². The first-order valence-corrected chi connectivity index (χ1v) is 4.95. The lowest BCUT2D eigenvalue weighted by atomic mass is 10.4. The molecule has 2 aromatic heterocycles. The van der Waals surface area contributed by atoms with Crippen LogP contribution in [0, 0.1) is 0 Å². The van der Waals surface area contributed by atoms with E-state index in [2.05, 4.69) is 24.9 Å². The molecule has 9 heteroatoms. The summed E-state index contributed by atoms with van der Waals surface area (Å²) in [6.07, 6.45) is -1.29. The molecule has 0 saturated carbocycles. The zero-order chi connectivity index (χ0) is 11.6. The minimum Gasteiger partial charge on any atom is -0.356 e. The van der Waals surface area contributed by atoms with Crippen molar-refractivity contribution >= 4 is 16.7 Å². The number of alkyl halides is 3. The molecular weight excluding hydrogens is 243 g/mol. The molecule has 2 aromatic rings. The summed E-state index contributed by atoms with van der Waals surface area (Å²) < 4.78 is 39.7. The summed E-state index contributed by atoms with van der Waals surface area (Å²) in [5.74, 6) is -1.12. The van der Waals surface area contributed by atoms with E-state index in [0.717, 1.165) is 5.56 Å². The zero-order valence-electron chi connectivity index (χ0n) is 7.75. The monoisotopic (exact) mass is 249 g/mol. The maximum Gasteiger partial charge on any atom is 0.452 e. The second kappa shape index (κ2) is 4.08. The number of halogens is 3. The van der Waals surface area contributed by atoms with Gasteiger partial charge < -0.3 is 5.32 Å². The van der Waals surface area contributed by atoms with Gasteiger partial charge in [-0.2, -0.15) is 27.6 Å². The minimum absolute atomic E-state index is 0.133. The normalized spacial score (nSPS) is 11.7. The molecule has 0 aromatic carbocycles. The largest absolute Gasteiger partial charge is 0.452 e. The summed E-state index contributed by atoms with van der Waals surface area (Å²) in [5, 5.41) is 9.15. The molecule has 0 atom stereocenters. The van der Waals surface area contributed by atoms with Crippen LogP contribution in [0.3, 0.4) is 0 Å². The van der Waals surface area contributed by atoms with Gasteiger partial charge in [0.25, 0.3) is 0 Å². The van der Waals surface area contributed by atoms with Gasteiger partial charge >= 0.3 is 6.18 Å². The number of H-pyrrole nitrogens is 1. The molecule has 2 rings (SSSR count). The molecule has 0 aliphatic carbocycles. The van der Waals surface area contributed by atoms with Gasteiger partial charge in [0, 0.05) is 29.8 Å². The van der Waals surface area contributed by atoms with E-state index in [1.54, 1.807) is 12.4 Å². The highest BCUT2D eigenvalue weighted by Crippen LogP contribution is 2.28. The van der Waals surface area contributed by atoms with Crippen LogP contribution in [0.4, 0.5) is 18.3 Å². The number of nitrogens with zero attached hydrogens (tertiary/aromatic N) is 3. The maximum atomic E-state index is 12.2. The third-order valence-electron chi connectivity index (χ3n) is 1.68. The van der Waals surface area contributed by atoms with Gasteiger partial charge in [-0.05, 0) is 0 Å². The van der Waals surface area contributed by atoms with Crippen LogP contribution >= 0.6 is 11.5 Å². The topological polar surface area (TPSA) is 66.5 Å². The van der Waals surface area contributed by atoms with Gasteiger partial charge in [0.2, 0.25) is 11.0 Å². The number of anilines is 1. The fourth-order valence-electron chi connectivity index (χ4n) is 0.962. The van der Waals surface area contributed by atoms with Gasteiger partial charge in [-0.25, -0.2) is 0 Å². The van der Waals surface area contributed by atoms with Gasteiger partial charge in [-0.15, -0.1) is 0 Å². The Bertz CT molecular complexity index is 449. The van der Waals surface area contributed by atoms with Gasteiger partial charge in [0.1, 0.15) is 0 Å². The van der Waals surface area contributed by atoms with Crippen LogP contribution in [0.25, 0.3) is 0 Å². The van der Waals surface area contributed by atoms with Crippen LogP contribution in [0.2, 0.25) is 0 Å². The fourth-order valence-corrected chi connectivity index (χ4v) is 1.54. The molecule has 0 saturated heterocycles. The van der Waals surface area contributed by atoms with Crippen molar-refractivity contribution in [1.29, 1.82) is 0 Å². The van der Waals surface area contributed by atoms with Crippen molar-refractivity contribution in [3.63, 3.8) is 0 Å². The van der Waals surface area contributed by atoms with Crippen molar-refractivity contribution in [3.8, 4) is 0 Å². The molecular formula is C7H6F3N5S. The van der Waals surface area contributed by atoms with E-state index in [4.69, 9.17) is 0 Å². The Labute approximate surface area is 91.9 Å². The Hall–Kier alpha value is -1.64. The summed E-state index contributed by atoms with van der Waals surface area (Å²) in [6, 6.07) is 0. The van der Waals surface area contributed by atoms with E-state index in [1.165, 1.54) is 0 Å². The molecule has 2 N–H and O–H groups in total. The SMILES string of the molecule is FC(F)(F)c1nsc(NCc2cn[nH]c2)n1. The fraction of sp³-hybridized carbons (Fsp3) is 0.286. The standard InChI is InChI=1S/C7H6F3N5S/c8-7(9,10)5-14-6(16-15-5)11-1-4-2-12-13-3-4/h2-3H,1H2,(H,12,13)(H,11,14,15). The maximum absolute atomic E-state index is 12.2. The number of nitrogens with one attached hydrogen (secondary N) is 2. The van der Waals surface area contributed by atoms with Gasteiger partial charge in [0.05, 0.1) is 6.20 Å². The molecule has 0 spiro atoms. The van der Waals surface area contributed by atoms with E-state index < -0.39 is 12.0 Å². The minimum atomic E-state index is -4.49. The summed E-state index contributed by atoms with van der Waals surface area (Å²) in [7, 11) is 0. The van der Waals surface area contributed by atoms with E-state index in [1.807, 2.05) is 0 Å². The highest BCUT2D eigenvalue weighted by Gasteiger charge is 2.36. The predicted octanol–water partition coefficient (Wildman–Crippen LogP) is 1.89. The van der Waals surface area contributed by atoms with Gasteiger partial charge in [0.15, 0.2) is 0 Å². The van der Waals surface area contributed by atoms with E-state index in [9.17, 15) is 13.2 Å². The average Bonchev–Trinajstić information content (AvgIpc) is 2.85. The molecule has 0 amide bonds. The Morgan fingerprint density at radius 3 is 2.81 bits per heavy atom. The summed E-state index contributed by atoms with van der Waals surface area (Å²) >= 11 is 0.675. The van der Waals surface area contributed by atoms with Crippen LogP contribution in [0.5, 0.6) is 0 Å². The van der Waals surface area contributed by atoms with Gasteiger partial charge in [-0.3, -0.25) is 5.10 Å². The predicted molar refractivity (Wildman–Crippen MR) is 50.8 cm³/mol. The Kier molecular flexibility index (Phi) is 2.77. The lowest BCUT2D eigenvalue weighted by Gasteiger charge is -1.99. The van der Waals surface area contributed by atoms with Gasteiger partial charge in [-0.1, -0.05) is 0 Å². The molecule has 86 valence electrons. The Balaban J connectivity index is 1.98. The highest BCUT2D eigenvalue weighted by molar-refractivity contribution is 7.09. The second-order valence-corrected chi connectivity index (χ2v) is 3.63. The lowest BCUT2D eigenvalue weighted by Crippen LogP contribution is -2.07. The second-order valence-electron chi connectivity index (χ2n) is 2.88. The van der Waals surface area contributed by atoms with Crippen LogP contribution < -0.4 is 5.32 Å². The van der Waals surface area contributed by atoms with Crippen LogP contribution in [0.1, 0.15) is 11.4 Å². The summed E-state index contributed by atoms with van der Waals surface area (Å²) in [5.41, 5.74) is 0.823. The first kappa shape index (κ1) is 10.9. The average molecular weight is 249 g/mol. The number of aromatic nitrogens is 4. The summed E-state index contributed by atoms with van der Waals surface area (Å²) in [6.45, 7) is 0.350. The number of aromatic amines is 1. The third-order valence-corrected chi connectivity index (χ3v) is 2.35. The van der Waals surface area contributed by atoms with Crippen LogP contribution in [-0.4, -0.2) is 19.6 Å². The van der Waals surface area contributed by atoms with Crippen molar-refractivity contribution in [2.75, 3.05) is 5.32 Å². The quantitative estimate of drug-likeness (QED) is 0.871. The highest BCUT2D eigenvalue weighted by atomic mass is 32.1. The molecule has 0 aliphatic rings. The smallest absolute Gasteiger partial charge is 0.356 e. The molecule has 0 aliphatic heterocycles. The first-order valence-electron chi connectivity index (χ1n) is 4.18. The lowest BCUT2D eigenvalue weighted by molar-refractivity contribution is -0.144. The van der Waals surface area contributed by atoms with Crippen molar-refractivity contribution in [1.82, 2.24) is 19.6 Å². The number of rotatable bonds is 3. The van der Waals surface area contributed by atoms with E-state index >= 15 is 0 Å². The van der Waals surface area contributed by atoms with Crippen LogP contribution in [0.15, 0.2) is 12.4 Å². The molecule has 16 heavy (non-hydrogen) atoms. The zero-order valence-corrected chi connectivity index (χ0v) is 8.56. The first-order chi connectivity index (χ1) is 7.55. The molecule has 0 fully saturated rings. The van der Waals surface area contributed by atoms with Crippen molar-refractivity contribution in [2.45, 2.75) is 12.7 Å². The molecule has 0 unspecified atom stereocenters. The Morgan fingerprint density at radius 2 is 2.25 bits per heavy atom. The van der Waals surface area contributed by atoms with E-state index in [0.29, 0.717) is 18.1 Å². The molecule has 0 bridgehead atoms. The summed E-state index contributed by atoms with van der Waals surface area (Å²) in [4.78, 5) is 3.32. The Morgan fingerprint density at radius 1 is 1.44 bits per heavy atom. The molecule has 5 nitrogen and oxygen atoms in total. The number of hydrogen-bond donors (Lipinski definition) is 2. The number of hydrogen-bond acceptors (Lipinski definition) is 5. The van der Waals surface area contributed by atoms with Crippen molar-refractivity contribution < 1.29 is 13.2 Å².